The zero-order valence-electron chi connectivity index (χ0n) is 29.4. The lowest BCUT2D eigenvalue weighted by Gasteiger charge is -2.34. The van der Waals surface area contributed by atoms with Crippen molar-refractivity contribution in [3.63, 3.8) is 0 Å². The number of pyridine rings is 1. The molecular formula is C44H40N4OS. The van der Waals surface area contributed by atoms with Crippen LogP contribution in [0.5, 0.6) is 11.5 Å². The molecular weight excluding hydrogens is 633 g/mol. The summed E-state index contributed by atoms with van der Waals surface area (Å²) in [5.41, 5.74) is 7.05. The molecule has 0 saturated heterocycles. The van der Waals surface area contributed by atoms with E-state index >= 15 is 0 Å². The van der Waals surface area contributed by atoms with Crippen molar-refractivity contribution in [1.82, 2.24) is 9.55 Å². The van der Waals surface area contributed by atoms with E-state index in [1.165, 1.54) is 53.4 Å². The Kier molecular flexibility index (Phi) is 6.81. The number of nitrogens with zero attached hydrogens (tertiary/aromatic N) is 4. The Labute approximate surface area is 297 Å². The highest BCUT2D eigenvalue weighted by atomic mass is 32.1. The Morgan fingerprint density at radius 3 is 2.24 bits per heavy atom. The predicted molar refractivity (Wildman–Crippen MR) is 212 cm³/mol. The SMILES string of the molecule is CC(C)(C)c1ccnc(-n2c3cc(Oc4cccc(N5CN(C(C)(C)C)c6ccccc65)c4)ccc3c3ccc4sc5ccccc5c4c32)c1. The average Bonchev–Trinajstić information content (AvgIpc) is 3.77. The first-order chi connectivity index (χ1) is 24.0. The highest BCUT2D eigenvalue weighted by molar-refractivity contribution is 7.26. The van der Waals surface area contributed by atoms with Crippen LogP contribution < -0.4 is 14.5 Å². The Balaban J connectivity index is 1.19. The topological polar surface area (TPSA) is 33.5 Å². The Bertz CT molecular complexity index is 2600. The maximum atomic E-state index is 6.70. The summed E-state index contributed by atoms with van der Waals surface area (Å²) in [6.45, 7) is 14.3. The van der Waals surface area contributed by atoms with Gasteiger partial charge in [0, 0.05) is 60.5 Å². The molecule has 0 unspecified atom stereocenters. The summed E-state index contributed by atoms with van der Waals surface area (Å²) in [6, 6.07) is 41.3. The predicted octanol–water partition coefficient (Wildman–Crippen LogP) is 12.4. The highest BCUT2D eigenvalue weighted by Crippen LogP contribution is 2.46. The first-order valence-corrected chi connectivity index (χ1v) is 18.1. The van der Waals surface area contributed by atoms with E-state index in [0.717, 1.165) is 35.2 Å². The fourth-order valence-corrected chi connectivity index (χ4v) is 8.57. The lowest BCUT2D eigenvalue weighted by Crippen LogP contribution is -2.42. The minimum atomic E-state index is -0.0140. The number of hydrogen-bond acceptors (Lipinski definition) is 5. The molecule has 9 rings (SSSR count). The average molecular weight is 673 g/mol. The standard InChI is InChI=1S/C44H40N4OS/c1-43(2,3)28-22-23-45-40(24-28)48-37-26-31(18-19-32(37)33-20-21-39-41(42(33)48)34-14-7-10-17-38(34)50-39)49-30-13-11-12-29(25-30)46-27-47(44(4,5)6)36-16-9-8-15-35(36)46/h7-26H,27H2,1-6H3. The molecule has 0 atom stereocenters. The van der Waals surface area contributed by atoms with Crippen molar-refractivity contribution < 1.29 is 4.74 Å². The molecule has 4 heterocycles. The van der Waals surface area contributed by atoms with Gasteiger partial charge in [0.1, 0.15) is 17.3 Å². The lowest BCUT2D eigenvalue weighted by atomic mass is 9.88. The number of para-hydroxylation sites is 2. The van der Waals surface area contributed by atoms with Crippen molar-refractivity contribution >= 4 is 70.4 Å². The minimum Gasteiger partial charge on any atom is -0.457 e. The third kappa shape index (κ3) is 4.92. The molecule has 1 aliphatic rings. The first kappa shape index (κ1) is 30.7. The quantitative estimate of drug-likeness (QED) is 0.186. The number of benzene rings is 5. The maximum Gasteiger partial charge on any atom is 0.137 e. The van der Waals surface area contributed by atoms with Crippen LogP contribution in [0.4, 0.5) is 17.1 Å². The number of thiophene rings is 1. The van der Waals surface area contributed by atoms with Gasteiger partial charge in [-0.15, -0.1) is 11.3 Å². The van der Waals surface area contributed by atoms with Gasteiger partial charge in [-0.1, -0.05) is 63.2 Å². The summed E-state index contributed by atoms with van der Waals surface area (Å²) >= 11 is 1.85. The van der Waals surface area contributed by atoms with Crippen LogP contribution >= 0.6 is 11.3 Å². The normalized spacial score (nSPS) is 13.6. The first-order valence-electron chi connectivity index (χ1n) is 17.3. The number of rotatable bonds is 4. The third-order valence-electron chi connectivity index (χ3n) is 10.0. The molecule has 6 heteroatoms. The third-order valence-corrected chi connectivity index (χ3v) is 11.1. The molecule has 5 aromatic carbocycles. The van der Waals surface area contributed by atoms with E-state index in [4.69, 9.17) is 9.72 Å². The zero-order chi connectivity index (χ0) is 34.4. The lowest BCUT2D eigenvalue weighted by molar-refractivity contribution is 0.483. The van der Waals surface area contributed by atoms with Gasteiger partial charge >= 0.3 is 0 Å². The molecule has 1 aliphatic heterocycles. The summed E-state index contributed by atoms with van der Waals surface area (Å²) in [5, 5.41) is 4.93. The largest absolute Gasteiger partial charge is 0.457 e. The Morgan fingerprint density at radius 1 is 0.660 bits per heavy atom. The van der Waals surface area contributed by atoms with Crippen molar-refractivity contribution in [2.75, 3.05) is 16.5 Å². The zero-order valence-corrected chi connectivity index (χ0v) is 30.2. The summed E-state index contributed by atoms with van der Waals surface area (Å²) in [6.07, 6.45) is 1.95. The summed E-state index contributed by atoms with van der Waals surface area (Å²) < 4.78 is 11.6. The molecule has 0 N–H and O–H groups in total. The summed E-state index contributed by atoms with van der Waals surface area (Å²) in [7, 11) is 0. The molecule has 0 saturated carbocycles. The van der Waals surface area contributed by atoms with Crippen LogP contribution in [0.2, 0.25) is 0 Å². The van der Waals surface area contributed by atoms with E-state index in [9.17, 15) is 0 Å². The van der Waals surface area contributed by atoms with Crippen LogP contribution in [0.25, 0.3) is 47.8 Å². The monoisotopic (exact) mass is 672 g/mol. The molecule has 0 aliphatic carbocycles. The van der Waals surface area contributed by atoms with Gasteiger partial charge in [-0.05, 0) is 92.4 Å². The van der Waals surface area contributed by atoms with Crippen molar-refractivity contribution in [3.05, 3.63) is 127 Å². The second kappa shape index (κ2) is 11.1. The molecule has 8 aromatic rings. The molecule has 0 fully saturated rings. The molecule has 0 bridgehead atoms. The fraction of sp³-hybridized carbons (Fsp3) is 0.205. The van der Waals surface area contributed by atoms with Crippen LogP contribution in [-0.4, -0.2) is 21.8 Å². The molecule has 0 radical (unpaired) electrons. The van der Waals surface area contributed by atoms with Crippen molar-refractivity contribution in [1.29, 1.82) is 0 Å². The van der Waals surface area contributed by atoms with E-state index in [1.54, 1.807) is 0 Å². The van der Waals surface area contributed by atoms with E-state index in [-0.39, 0.29) is 11.0 Å². The molecule has 50 heavy (non-hydrogen) atoms. The van der Waals surface area contributed by atoms with Gasteiger partial charge in [0.25, 0.3) is 0 Å². The molecule has 0 amide bonds. The van der Waals surface area contributed by atoms with Gasteiger partial charge < -0.3 is 14.5 Å². The van der Waals surface area contributed by atoms with Crippen molar-refractivity contribution in [2.24, 2.45) is 0 Å². The Hall–Kier alpha value is -5.33. The highest BCUT2D eigenvalue weighted by Gasteiger charge is 2.33. The van der Waals surface area contributed by atoms with Gasteiger partial charge in [0.05, 0.1) is 29.1 Å². The van der Waals surface area contributed by atoms with Gasteiger partial charge in [0.15, 0.2) is 0 Å². The molecule has 248 valence electrons. The van der Waals surface area contributed by atoms with Gasteiger partial charge in [-0.25, -0.2) is 4.98 Å². The maximum absolute atomic E-state index is 6.70. The fourth-order valence-electron chi connectivity index (χ4n) is 7.46. The number of fused-ring (bicyclic) bond motifs is 8. The van der Waals surface area contributed by atoms with Crippen LogP contribution in [0.1, 0.15) is 47.1 Å². The number of hydrogen-bond donors (Lipinski definition) is 0. The van der Waals surface area contributed by atoms with Crippen LogP contribution in [0.3, 0.4) is 0 Å². The second-order valence-electron chi connectivity index (χ2n) is 15.4. The van der Waals surface area contributed by atoms with Crippen LogP contribution in [0.15, 0.2) is 121 Å². The molecule has 5 nitrogen and oxygen atoms in total. The summed E-state index contributed by atoms with van der Waals surface area (Å²) in [5.74, 6) is 2.50. The second-order valence-corrected chi connectivity index (χ2v) is 16.4. The number of ether oxygens (including phenoxy) is 1. The van der Waals surface area contributed by atoms with Crippen LogP contribution in [-0.2, 0) is 5.41 Å². The Morgan fingerprint density at radius 2 is 1.42 bits per heavy atom. The van der Waals surface area contributed by atoms with Gasteiger partial charge in [-0.3, -0.25) is 4.57 Å². The molecule has 3 aromatic heterocycles. The van der Waals surface area contributed by atoms with E-state index in [2.05, 4.69) is 165 Å². The van der Waals surface area contributed by atoms with Crippen LogP contribution in [0, 0.1) is 0 Å². The number of aromatic nitrogens is 2. The van der Waals surface area contributed by atoms with Gasteiger partial charge in [-0.2, -0.15) is 0 Å². The van der Waals surface area contributed by atoms with Crippen molar-refractivity contribution in [2.45, 2.75) is 52.5 Å². The van der Waals surface area contributed by atoms with Gasteiger partial charge in [0.2, 0.25) is 0 Å². The van der Waals surface area contributed by atoms with E-state index in [1.807, 2.05) is 23.6 Å². The van der Waals surface area contributed by atoms with E-state index in [0.29, 0.717) is 0 Å². The summed E-state index contributed by atoms with van der Waals surface area (Å²) in [4.78, 5) is 9.83. The number of anilines is 3. The van der Waals surface area contributed by atoms with Crippen molar-refractivity contribution in [3.8, 4) is 17.3 Å². The molecule has 0 spiro atoms. The smallest absolute Gasteiger partial charge is 0.137 e. The minimum absolute atomic E-state index is 0.00499. The van der Waals surface area contributed by atoms with E-state index < -0.39 is 0 Å².